The number of benzene rings is 2. The van der Waals surface area contributed by atoms with E-state index in [0.29, 0.717) is 29.5 Å². The van der Waals surface area contributed by atoms with E-state index in [2.05, 4.69) is 10.3 Å². The highest BCUT2D eigenvalue weighted by atomic mass is 32.1. The van der Waals surface area contributed by atoms with Crippen LogP contribution in [0.2, 0.25) is 0 Å². The Balaban J connectivity index is 1.70. The first-order valence-corrected chi connectivity index (χ1v) is 9.54. The quantitative estimate of drug-likeness (QED) is 0.656. The number of aromatic nitrogens is 1. The van der Waals surface area contributed by atoms with Crippen molar-refractivity contribution >= 4 is 17.2 Å². The number of amides is 1. The number of thiazole rings is 1. The van der Waals surface area contributed by atoms with Gasteiger partial charge >= 0.3 is 0 Å². The maximum absolute atomic E-state index is 12.6. The minimum absolute atomic E-state index is 0.125. The third-order valence-electron chi connectivity index (χ3n) is 4.00. The summed E-state index contributed by atoms with van der Waals surface area (Å²) < 4.78 is 10.9. The average Bonchev–Trinajstić information content (AvgIpc) is 3.09. The lowest BCUT2D eigenvalue weighted by Crippen LogP contribution is -2.22. The Hall–Kier alpha value is -2.86. The molecule has 0 atom stereocenters. The molecule has 0 radical (unpaired) electrons. The third kappa shape index (κ3) is 4.46. The van der Waals surface area contributed by atoms with Crippen LogP contribution in [0.5, 0.6) is 11.5 Å². The molecule has 0 saturated carbocycles. The molecule has 27 heavy (non-hydrogen) atoms. The zero-order valence-electron chi connectivity index (χ0n) is 15.6. The van der Waals surface area contributed by atoms with Gasteiger partial charge in [0.2, 0.25) is 0 Å². The third-order valence-corrected chi connectivity index (χ3v) is 5.21. The summed E-state index contributed by atoms with van der Waals surface area (Å²) in [6, 6.07) is 15.5. The first-order valence-electron chi connectivity index (χ1n) is 8.73. The Morgan fingerprint density at radius 3 is 2.63 bits per heavy atom. The number of carbonyl (C=O) groups is 1. The van der Waals surface area contributed by atoms with Gasteiger partial charge in [0.15, 0.2) is 11.5 Å². The molecule has 5 nitrogen and oxygen atoms in total. The van der Waals surface area contributed by atoms with Crippen molar-refractivity contribution in [1.82, 2.24) is 10.3 Å². The lowest BCUT2D eigenvalue weighted by molar-refractivity contribution is 0.0954. The summed E-state index contributed by atoms with van der Waals surface area (Å²) in [5, 5.41) is 3.81. The van der Waals surface area contributed by atoms with Gasteiger partial charge in [-0.15, -0.1) is 11.3 Å². The van der Waals surface area contributed by atoms with Crippen LogP contribution in [0.25, 0.3) is 10.6 Å². The van der Waals surface area contributed by atoms with Crippen molar-refractivity contribution in [2.45, 2.75) is 20.4 Å². The molecule has 6 heteroatoms. The van der Waals surface area contributed by atoms with Gasteiger partial charge in [-0.05, 0) is 31.5 Å². The fourth-order valence-electron chi connectivity index (χ4n) is 2.67. The highest BCUT2D eigenvalue weighted by molar-refractivity contribution is 7.17. The molecule has 0 aliphatic carbocycles. The molecule has 3 rings (SSSR count). The number of ether oxygens (including phenoxy) is 2. The summed E-state index contributed by atoms with van der Waals surface area (Å²) >= 11 is 1.40. The van der Waals surface area contributed by atoms with E-state index in [-0.39, 0.29) is 5.91 Å². The molecule has 2 aromatic carbocycles. The van der Waals surface area contributed by atoms with Crippen LogP contribution in [0, 0.1) is 6.92 Å². The maximum atomic E-state index is 12.6. The molecule has 0 spiro atoms. The van der Waals surface area contributed by atoms with Crippen LogP contribution < -0.4 is 14.8 Å². The first-order chi connectivity index (χ1) is 13.1. The minimum Gasteiger partial charge on any atom is -0.493 e. The van der Waals surface area contributed by atoms with E-state index in [9.17, 15) is 4.79 Å². The van der Waals surface area contributed by atoms with Crippen molar-refractivity contribution in [3.63, 3.8) is 0 Å². The Kier molecular flexibility index (Phi) is 6.08. The Morgan fingerprint density at radius 2 is 1.93 bits per heavy atom. The number of aryl methyl sites for hydroxylation is 1. The van der Waals surface area contributed by atoms with E-state index in [4.69, 9.17) is 9.47 Å². The molecule has 1 aromatic heterocycles. The number of hydrogen-bond acceptors (Lipinski definition) is 5. The zero-order chi connectivity index (χ0) is 19.2. The van der Waals surface area contributed by atoms with Gasteiger partial charge in [0.05, 0.1) is 19.4 Å². The van der Waals surface area contributed by atoms with E-state index in [1.807, 2.05) is 62.4 Å². The second-order valence-electron chi connectivity index (χ2n) is 5.90. The van der Waals surface area contributed by atoms with Gasteiger partial charge in [-0.1, -0.05) is 36.4 Å². The van der Waals surface area contributed by atoms with Crippen molar-refractivity contribution in [2.24, 2.45) is 0 Å². The second-order valence-corrected chi connectivity index (χ2v) is 6.90. The lowest BCUT2D eigenvalue weighted by Gasteiger charge is -2.11. The van der Waals surface area contributed by atoms with E-state index in [0.717, 1.165) is 21.8 Å². The van der Waals surface area contributed by atoms with Crippen LogP contribution in [-0.2, 0) is 6.54 Å². The summed E-state index contributed by atoms with van der Waals surface area (Å²) in [7, 11) is 1.60. The van der Waals surface area contributed by atoms with Gasteiger partial charge in [0.25, 0.3) is 5.91 Å². The van der Waals surface area contributed by atoms with Gasteiger partial charge in [-0.25, -0.2) is 4.98 Å². The molecule has 3 aromatic rings. The van der Waals surface area contributed by atoms with E-state index in [1.165, 1.54) is 11.3 Å². The zero-order valence-corrected chi connectivity index (χ0v) is 16.4. The van der Waals surface area contributed by atoms with Crippen LogP contribution in [0.1, 0.15) is 27.9 Å². The lowest BCUT2D eigenvalue weighted by atomic mass is 10.2. The number of nitrogens with one attached hydrogen (secondary N) is 1. The van der Waals surface area contributed by atoms with Crippen LogP contribution >= 0.6 is 11.3 Å². The number of carbonyl (C=O) groups excluding carboxylic acids is 1. The molecule has 0 fully saturated rings. The van der Waals surface area contributed by atoms with E-state index in [1.54, 1.807) is 7.11 Å². The first kappa shape index (κ1) is 18.9. The van der Waals surface area contributed by atoms with Crippen molar-refractivity contribution in [3.05, 3.63) is 64.7 Å². The summed E-state index contributed by atoms with van der Waals surface area (Å²) in [5.41, 5.74) is 2.69. The van der Waals surface area contributed by atoms with Crippen molar-refractivity contribution in [2.75, 3.05) is 13.7 Å². The van der Waals surface area contributed by atoms with Crippen molar-refractivity contribution < 1.29 is 14.3 Å². The SMILES string of the molecule is CCOc1ccc(CNC(=O)c2sc(-c3ccccc3)nc2C)cc1OC. The summed E-state index contributed by atoms with van der Waals surface area (Å²) in [6.45, 7) is 4.76. The molecular formula is C21H22N2O3S. The molecule has 1 amide bonds. The van der Waals surface area contributed by atoms with Crippen LogP contribution in [0.3, 0.4) is 0 Å². The van der Waals surface area contributed by atoms with E-state index < -0.39 is 0 Å². The van der Waals surface area contributed by atoms with Crippen molar-refractivity contribution in [1.29, 1.82) is 0 Å². The number of nitrogens with zero attached hydrogens (tertiary/aromatic N) is 1. The molecule has 0 bridgehead atoms. The number of hydrogen-bond donors (Lipinski definition) is 1. The largest absolute Gasteiger partial charge is 0.493 e. The molecule has 1 heterocycles. The standard InChI is InChI=1S/C21H22N2O3S/c1-4-26-17-11-10-15(12-18(17)25-3)13-22-20(24)19-14(2)23-21(27-19)16-8-6-5-7-9-16/h5-12H,4,13H2,1-3H3,(H,22,24). The second kappa shape index (κ2) is 8.68. The predicted molar refractivity (Wildman–Crippen MR) is 108 cm³/mol. The molecule has 0 unspecified atom stereocenters. The molecule has 140 valence electrons. The summed E-state index contributed by atoms with van der Waals surface area (Å²) in [6.07, 6.45) is 0. The molecular weight excluding hydrogens is 360 g/mol. The predicted octanol–water partition coefficient (Wildman–Crippen LogP) is 4.46. The van der Waals surface area contributed by atoms with Gasteiger partial charge < -0.3 is 14.8 Å². The smallest absolute Gasteiger partial charge is 0.263 e. The Morgan fingerprint density at radius 1 is 1.15 bits per heavy atom. The normalized spacial score (nSPS) is 10.5. The fraction of sp³-hybridized carbons (Fsp3) is 0.238. The van der Waals surface area contributed by atoms with Crippen LogP contribution in [-0.4, -0.2) is 24.6 Å². The van der Waals surface area contributed by atoms with E-state index >= 15 is 0 Å². The van der Waals surface area contributed by atoms with Gasteiger partial charge in [-0.3, -0.25) is 4.79 Å². The molecule has 0 saturated heterocycles. The van der Waals surface area contributed by atoms with Gasteiger partial charge in [0.1, 0.15) is 9.88 Å². The monoisotopic (exact) mass is 382 g/mol. The van der Waals surface area contributed by atoms with Gasteiger partial charge in [-0.2, -0.15) is 0 Å². The number of rotatable bonds is 7. The maximum Gasteiger partial charge on any atom is 0.263 e. The highest BCUT2D eigenvalue weighted by Gasteiger charge is 2.16. The Labute approximate surface area is 163 Å². The van der Waals surface area contributed by atoms with Crippen molar-refractivity contribution in [3.8, 4) is 22.1 Å². The molecule has 0 aliphatic rings. The van der Waals surface area contributed by atoms with Gasteiger partial charge in [0, 0.05) is 12.1 Å². The highest BCUT2D eigenvalue weighted by Crippen LogP contribution is 2.29. The van der Waals surface area contributed by atoms with Crippen LogP contribution in [0.4, 0.5) is 0 Å². The number of methoxy groups -OCH3 is 1. The fourth-order valence-corrected chi connectivity index (χ4v) is 3.66. The Bertz CT molecular complexity index is 922. The summed E-state index contributed by atoms with van der Waals surface area (Å²) in [4.78, 5) is 17.8. The topological polar surface area (TPSA) is 60.5 Å². The average molecular weight is 382 g/mol. The van der Waals surface area contributed by atoms with Crippen LogP contribution in [0.15, 0.2) is 48.5 Å². The molecule has 1 N–H and O–H groups in total. The summed E-state index contributed by atoms with van der Waals surface area (Å²) in [5.74, 6) is 1.23. The molecule has 0 aliphatic heterocycles. The minimum atomic E-state index is -0.125.